The van der Waals surface area contributed by atoms with Crippen molar-refractivity contribution in [2.24, 2.45) is 5.92 Å². The van der Waals surface area contributed by atoms with Crippen LogP contribution in [0, 0.1) is 5.92 Å². The Morgan fingerprint density at radius 1 is 0.981 bits per heavy atom. The maximum Gasteiger partial charge on any atom is 0.0384 e. The van der Waals surface area contributed by atoms with E-state index in [1.165, 1.54) is 33.4 Å². The summed E-state index contributed by atoms with van der Waals surface area (Å²) in [6.45, 7) is 22.5. The topological polar surface area (TPSA) is 12.0 Å². The molecule has 0 saturated heterocycles. The molecular formula is C51H61N. The standard InChI is InChI=1S/C51H61N/c1-8-10-15-26-40(3)48-34-22-23-37-51(43(6)28-24-27-41(4)49-35-20-21-36-50(49)51)38-25-31-46(39-42(48)5)45(9-2)30-17-13-11-12-16-29-44(7)52-47-32-18-14-19-33-47/h9,11-12,14-24,26,28-30,32-36,39-41,52H,5-8,10,13,25,27,31,37-38H2,1-4H3/b12-11-,23-22-,26-15-,28-24-,29-16-,30-17-,45-9+,46-39+,48-34-. The summed E-state index contributed by atoms with van der Waals surface area (Å²) in [6.07, 6.45) is 41.8. The van der Waals surface area contributed by atoms with Crippen molar-refractivity contribution < 1.29 is 0 Å². The Bertz CT molecular complexity index is 1790. The van der Waals surface area contributed by atoms with Crippen molar-refractivity contribution >= 4 is 5.69 Å². The van der Waals surface area contributed by atoms with Gasteiger partial charge in [-0.05, 0) is 121 Å². The molecule has 1 spiro atoms. The lowest BCUT2D eigenvalue weighted by Crippen LogP contribution is -2.30. The van der Waals surface area contributed by atoms with Gasteiger partial charge in [-0.2, -0.15) is 0 Å². The smallest absolute Gasteiger partial charge is 0.0384 e. The van der Waals surface area contributed by atoms with Crippen LogP contribution in [0.4, 0.5) is 5.69 Å². The van der Waals surface area contributed by atoms with E-state index in [0.29, 0.717) is 5.92 Å². The van der Waals surface area contributed by atoms with Gasteiger partial charge in [0.2, 0.25) is 0 Å². The summed E-state index contributed by atoms with van der Waals surface area (Å²) in [6, 6.07) is 19.2. The molecule has 0 amide bonds. The van der Waals surface area contributed by atoms with Crippen molar-refractivity contribution in [2.75, 3.05) is 5.32 Å². The van der Waals surface area contributed by atoms with E-state index in [1.807, 2.05) is 42.5 Å². The summed E-state index contributed by atoms with van der Waals surface area (Å²) in [4.78, 5) is 0. The summed E-state index contributed by atoms with van der Waals surface area (Å²) >= 11 is 0. The minimum atomic E-state index is -0.160. The summed E-state index contributed by atoms with van der Waals surface area (Å²) in [5.74, 6) is 0.735. The highest BCUT2D eigenvalue weighted by Crippen LogP contribution is 2.46. The van der Waals surface area contributed by atoms with Crippen LogP contribution >= 0.6 is 0 Å². The molecule has 4 rings (SSSR count). The molecule has 3 atom stereocenters. The first-order valence-corrected chi connectivity index (χ1v) is 19.3. The lowest BCUT2D eigenvalue weighted by atomic mass is 9.65. The third kappa shape index (κ3) is 11.3. The molecule has 0 heterocycles. The van der Waals surface area contributed by atoms with Gasteiger partial charge in [-0.1, -0.05) is 174 Å². The quantitative estimate of drug-likeness (QED) is 0.173. The molecule has 0 aromatic heterocycles. The summed E-state index contributed by atoms with van der Waals surface area (Å²) < 4.78 is 0. The number of para-hydroxylation sites is 1. The molecule has 2 aliphatic rings. The number of allylic oxidation sites excluding steroid dienone is 20. The van der Waals surface area contributed by atoms with Gasteiger partial charge in [0, 0.05) is 16.8 Å². The van der Waals surface area contributed by atoms with Crippen LogP contribution in [0.3, 0.4) is 0 Å². The van der Waals surface area contributed by atoms with Gasteiger partial charge in [-0.3, -0.25) is 0 Å². The Balaban J connectivity index is 1.62. The van der Waals surface area contributed by atoms with Crippen LogP contribution < -0.4 is 5.32 Å². The van der Waals surface area contributed by atoms with Gasteiger partial charge in [-0.25, -0.2) is 0 Å². The minimum absolute atomic E-state index is 0.160. The van der Waals surface area contributed by atoms with E-state index in [0.717, 1.165) is 68.3 Å². The molecule has 1 nitrogen and oxygen atoms in total. The van der Waals surface area contributed by atoms with E-state index in [-0.39, 0.29) is 11.3 Å². The van der Waals surface area contributed by atoms with Crippen LogP contribution in [0.1, 0.15) is 96.1 Å². The van der Waals surface area contributed by atoms with Gasteiger partial charge >= 0.3 is 0 Å². The molecule has 1 N–H and O–H groups in total. The molecular weight excluding hydrogens is 627 g/mol. The predicted molar refractivity (Wildman–Crippen MR) is 231 cm³/mol. The van der Waals surface area contributed by atoms with Crippen molar-refractivity contribution in [1.82, 2.24) is 0 Å². The van der Waals surface area contributed by atoms with E-state index >= 15 is 0 Å². The fraction of sp³-hybridized carbons (Fsp3) is 0.294. The Morgan fingerprint density at radius 2 is 1.77 bits per heavy atom. The van der Waals surface area contributed by atoms with Gasteiger partial charge in [0.1, 0.15) is 0 Å². The molecule has 0 saturated carbocycles. The van der Waals surface area contributed by atoms with Crippen LogP contribution in [-0.4, -0.2) is 0 Å². The van der Waals surface area contributed by atoms with E-state index < -0.39 is 0 Å². The number of hydrogen-bond donors (Lipinski definition) is 1. The van der Waals surface area contributed by atoms with E-state index in [1.54, 1.807) is 0 Å². The van der Waals surface area contributed by atoms with E-state index in [4.69, 9.17) is 6.58 Å². The van der Waals surface area contributed by atoms with Crippen molar-refractivity contribution in [3.63, 3.8) is 0 Å². The lowest BCUT2D eigenvalue weighted by molar-refractivity contribution is 0.450. The molecule has 0 radical (unpaired) electrons. The number of unbranched alkanes of at least 4 members (excludes halogenated alkanes) is 1. The molecule has 2 aromatic rings. The zero-order valence-electron chi connectivity index (χ0n) is 32.3. The molecule has 270 valence electrons. The number of fused-ring (bicyclic) bond motifs is 2. The average molecular weight is 688 g/mol. The third-order valence-corrected chi connectivity index (χ3v) is 10.3. The zero-order chi connectivity index (χ0) is 37.2. The van der Waals surface area contributed by atoms with Crippen LogP contribution in [-0.2, 0) is 5.41 Å². The van der Waals surface area contributed by atoms with Crippen LogP contribution in [0.5, 0.6) is 0 Å². The largest absolute Gasteiger partial charge is 0.356 e. The first-order chi connectivity index (χ1) is 25.3. The van der Waals surface area contributed by atoms with E-state index in [9.17, 15) is 0 Å². The molecule has 3 unspecified atom stereocenters. The fourth-order valence-electron chi connectivity index (χ4n) is 7.35. The lowest BCUT2D eigenvalue weighted by Gasteiger charge is -2.39. The maximum atomic E-state index is 4.74. The monoisotopic (exact) mass is 687 g/mol. The fourth-order valence-corrected chi connectivity index (χ4v) is 7.35. The summed E-state index contributed by atoms with van der Waals surface area (Å²) in [5.41, 5.74) is 10.8. The van der Waals surface area contributed by atoms with Gasteiger partial charge < -0.3 is 5.32 Å². The van der Waals surface area contributed by atoms with Crippen molar-refractivity contribution in [3.05, 3.63) is 210 Å². The average Bonchev–Trinajstić information content (AvgIpc) is 3.14. The first kappa shape index (κ1) is 39.9. The molecule has 0 fully saturated rings. The van der Waals surface area contributed by atoms with Crippen molar-refractivity contribution in [3.8, 4) is 0 Å². The van der Waals surface area contributed by atoms with Gasteiger partial charge in [0.25, 0.3) is 0 Å². The number of anilines is 1. The molecule has 2 aromatic carbocycles. The van der Waals surface area contributed by atoms with Crippen LogP contribution in [0.15, 0.2) is 199 Å². The first-order valence-electron chi connectivity index (χ1n) is 19.3. The second-order valence-corrected chi connectivity index (χ2v) is 14.2. The molecule has 2 aliphatic carbocycles. The molecule has 52 heavy (non-hydrogen) atoms. The van der Waals surface area contributed by atoms with Crippen LogP contribution in [0.2, 0.25) is 0 Å². The number of rotatable bonds is 12. The van der Waals surface area contributed by atoms with Crippen LogP contribution in [0.25, 0.3) is 0 Å². The predicted octanol–water partition coefficient (Wildman–Crippen LogP) is 14.7. The molecule has 1 heteroatoms. The summed E-state index contributed by atoms with van der Waals surface area (Å²) in [5, 5.41) is 3.32. The Labute approximate surface area is 316 Å². The third-order valence-electron chi connectivity index (χ3n) is 10.3. The van der Waals surface area contributed by atoms with Crippen molar-refractivity contribution in [2.45, 2.75) is 90.4 Å². The van der Waals surface area contributed by atoms with Gasteiger partial charge in [0.05, 0.1) is 0 Å². The maximum absolute atomic E-state index is 4.74. The van der Waals surface area contributed by atoms with Gasteiger partial charge in [0.15, 0.2) is 0 Å². The number of nitrogens with one attached hydrogen (secondary N) is 1. The Hall–Kier alpha value is -4.88. The second kappa shape index (κ2) is 20.8. The Kier molecular flexibility index (Phi) is 16.0. The molecule has 0 aliphatic heterocycles. The zero-order valence-corrected chi connectivity index (χ0v) is 32.3. The summed E-state index contributed by atoms with van der Waals surface area (Å²) in [7, 11) is 0. The second-order valence-electron chi connectivity index (χ2n) is 14.2. The minimum Gasteiger partial charge on any atom is -0.356 e. The molecule has 0 bridgehead atoms. The number of benzene rings is 2. The highest BCUT2D eigenvalue weighted by atomic mass is 14.9. The highest BCUT2D eigenvalue weighted by molar-refractivity contribution is 5.52. The van der Waals surface area contributed by atoms with Gasteiger partial charge in [-0.15, -0.1) is 0 Å². The van der Waals surface area contributed by atoms with Crippen molar-refractivity contribution in [1.29, 1.82) is 0 Å². The van der Waals surface area contributed by atoms with E-state index in [2.05, 4.69) is 149 Å². The Morgan fingerprint density at radius 3 is 2.56 bits per heavy atom. The highest BCUT2D eigenvalue weighted by Gasteiger charge is 2.36. The normalized spacial score (nSPS) is 24.4. The number of hydrogen-bond acceptors (Lipinski definition) is 1. The SMILES string of the molecule is C=C(/C=C\C=C/C\C=C/C(=C\C)C1=C/C(=C)/C(C(C)/C=C\CCC)=C\C=C/CC2(CCC\1)C(=C)/C=C\CC(C)c1ccccc12)Nc1ccccc1.